The summed E-state index contributed by atoms with van der Waals surface area (Å²) in [5, 5.41) is 0. The molecule has 2 aromatic rings. The van der Waals surface area contributed by atoms with E-state index >= 15 is 0 Å². The van der Waals surface area contributed by atoms with Crippen LogP contribution in [0.2, 0.25) is 0 Å². The van der Waals surface area contributed by atoms with Gasteiger partial charge in [0.2, 0.25) is 0 Å². The Morgan fingerprint density at radius 3 is 2.59 bits per heavy atom. The van der Waals surface area contributed by atoms with Crippen molar-refractivity contribution in [1.29, 1.82) is 0 Å². The van der Waals surface area contributed by atoms with Crippen LogP contribution in [0.3, 0.4) is 0 Å². The highest BCUT2D eigenvalue weighted by molar-refractivity contribution is 5.71. The standard InChI is InChI=1S/C14H16N2O/c1-3-14-15-8-13(10-17)16(14)9-12-6-4-11(2)5-7-12/h4-8,10H,3,9H2,1-2H3. The lowest BCUT2D eigenvalue weighted by atomic mass is 10.1. The second-order valence-corrected chi connectivity index (χ2v) is 4.14. The molecule has 1 aromatic carbocycles. The van der Waals surface area contributed by atoms with E-state index in [1.54, 1.807) is 6.20 Å². The molecule has 0 radical (unpaired) electrons. The molecule has 0 fully saturated rings. The number of imidazole rings is 1. The first kappa shape index (κ1) is 11.6. The molecule has 0 N–H and O–H groups in total. The molecule has 17 heavy (non-hydrogen) atoms. The Morgan fingerprint density at radius 2 is 2.00 bits per heavy atom. The number of aromatic nitrogens is 2. The van der Waals surface area contributed by atoms with Gasteiger partial charge in [0.05, 0.1) is 6.20 Å². The fraction of sp³-hybridized carbons (Fsp3) is 0.286. The number of rotatable bonds is 4. The molecule has 0 unspecified atom stereocenters. The van der Waals surface area contributed by atoms with Crippen LogP contribution in [0, 0.1) is 6.92 Å². The van der Waals surface area contributed by atoms with Gasteiger partial charge in [0.15, 0.2) is 6.29 Å². The molecular formula is C14H16N2O. The zero-order valence-corrected chi connectivity index (χ0v) is 10.2. The monoisotopic (exact) mass is 228 g/mol. The number of nitrogens with zero attached hydrogens (tertiary/aromatic N) is 2. The molecule has 0 bridgehead atoms. The number of aryl methyl sites for hydroxylation is 2. The Balaban J connectivity index is 2.31. The van der Waals surface area contributed by atoms with Gasteiger partial charge in [-0.15, -0.1) is 0 Å². The van der Waals surface area contributed by atoms with Crippen LogP contribution < -0.4 is 0 Å². The van der Waals surface area contributed by atoms with E-state index in [-0.39, 0.29) is 0 Å². The molecule has 0 saturated carbocycles. The molecule has 3 nitrogen and oxygen atoms in total. The highest BCUT2D eigenvalue weighted by Crippen LogP contribution is 2.10. The summed E-state index contributed by atoms with van der Waals surface area (Å²) >= 11 is 0. The first-order chi connectivity index (χ1) is 8.24. The molecule has 2 rings (SSSR count). The number of carbonyl (C=O) groups is 1. The highest BCUT2D eigenvalue weighted by atomic mass is 16.1. The average molecular weight is 228 g/mol. The van der Waals surface area contributed by atoms with Crippen LogP contribution in [0.1, 0.15) is 34.4 Å². The summed E-state index contributed by atoms with van der Waals surface area (Å²) in [6.07, 6.45) is 3.33. The van der Waals surface area contributed by atoms with E-state index in [4.69, 9.17) is 0 Å². The molecule has 88 valence electrons. The van der Waals surface area contributed by atoms with E-state index in [9.17, 15) is 4.79 Å². The fourth-order valence-electron chi connectivity index (χ4n) is 1.86. The molecule has 0 aliphatic carbocycles. The van der Waals surface area contributed by atoms with Crippen molar-refractivity contribution in [3.05, 3.63) is 53.1 Å². The van der Waals surface area contributed by atoms with Gasteiger partial charge in [-0.1, -0.05) is 36.8 Å². The maximum absolute atomic E-state index is 10.9. The molecule has 3 heteroatoms. The minimum absolute atomic E-state index is 0.641. The van der Waals surface area contributed by atoms with Crippen LogP contribution in [0.25, 0.3) is 0 Å². The minimum atomic E-state index is 0.641. The lowest BCUT2D eigenvalue weighted by Crippen LogP contribution is -2.07. The molecule has 0 atom stereocenters. The number of benzene rings is 1. The number of hydrogen-bond donors (Lipinski definition) is 0. The number of carbonyl (C=O) groups excluding carboxylic acids is 1. The maximum Gasteiger partial charge on any atom is 0.168 e. The van der Waals surface area contributed by atoms with Crippen molar-refractivity contribution in [3.8, 4) is 0 Å². The smallest absolute Gasteiger partial charge is 0.168 e. The predicted octanol–water partition coefficient (Wildman–Crippen LogP) is 2.61. The molecular weight excluding hydrogens is 212 g/mol. The van der Waals surface area contributed by atoms with Crippen LogP contribution in [-0.4, -0.2) is 15.8 Å². The Morgan fingerprint density at radius 1 is 1.29 bits per heavy atom. The van der Waals surface area contributed by atoms with Gasteiger partial charge < -0.3 is 4.57 Å². The van der Waals surface area contributed by atoms with Crippen molar-refractivity contribution in [2.24, 2.45) is 0 Å². The largest absolute Gasteiger partial charge is 0.321 e. The van der Waals surface area contributed by atoms with Crippen LogP contribution in [0.4, 0.5) is 0 Å². The van der Waals surface area contributed by atoms with Crippen LogP contribution in [-0.2, 0) is 13.0 Å². The van der Waals surface area contributed by atoms with Gasteiger partial charge >= 0.3 is 0 Å². The van der Waals surface area contributed by atoms with Gasteiger partial charge in [-0.2, -0.15) is 0 Å². The SMILES string of the molecule is CCc1ncc(C=O)n1Cc1ccc(C)cc1. The summed E-state index contributed by atoms with van der Waals surface area (Å²) in [4.78, 5) is 15.2. The maximum atomic E-state index is 10.9. The van der Waals surface area contributed by atoms with Crippen LogP contribution in [0.15, 0.2) is 30.5 Å². The van der Waals surface area contributed by atoms with Gasteiger partial charge in [0.25, 0.3) is 0 Å². The fourth-order valence-corrected chi connectivity index (χ4v) is 1.86. The first-order valence-corrected chi connectivity index (χ1v) is 5.79. The average Bonchev–Trinajstić information content (AvgIpc) is 2.74. The summed E-state index contributed by atoms with van der Waals surface area (Å²) in [7, 11) is 0. The second-order valence-electron chi connectivity index (χ2n) is 4.14. The molecule has 0 spiro atoms. The molecule has 0 aliphatic heterocycles. The zero-order chi connectivity index (χ0) is 12.3. The van der Waals surface area contributed by atoms with Gasteiger partial charge in [0, 0.05) is 13.0 Å². The van der Waals surface area contributed by atoms with Gasteiger partial charge in [-0.25, -0.2) is 4.98 Å². The third-order valence-electron chi connectivity index (χ3n) is 2.87. The van der Waals surface area contributed by atoms with E-state index in [0.717, 1.165) is 18.5 Å². The molecule has 0 saturated heterocycles. The van der Waals surface area contributed by atoms with Crippen molar-refractivity contribution in [2.45, 2.75) is 26.8 Å². The Hall–Kier alpha value is -1.90. The second kappa shape index (κ2) is 4.95. The molecule has 1 aromatic heterocycles. The number of aldehydes is 1. The van der Waals surface area contributed by atoms with Crippen LogP contribution in [0.5, 0.6) is 0 Å². The molecule has 0 amide bonds. The lowest BCUT2D eigenvalue weighted by Gasteiger charge is -2.08. The normalized spacial score (nSPS) is 10.5. The van der Waals surface area contributed by atoms with Crippen molar-refractivity contribution in [3.63, 3.8) is 0 Å². The van der Waals surface area contributed by atoms with E-state index in [1.165, 1.54) is 11.1 Å². The highest BCUT2D eigenvalue weighted by Gasteiger charge is 2.07. The summed E-state index contributed by atoms with van der Waals surface area (Å²) in [5.41, 5.74) is 3.07. The van der Waals surface area contributed by atoms with Crippen LogP contribution >= 0.6 is 0 Å². The van der Waals surface area contributed by atoms with Gasteiger partial charge in [0.1, 0.15) is 11.5 Å². The van der Waals surface area contributed by atoms with E-state index < -0.39 is 0 Å². The molecule has 1 heterocycles. The first-order valence-electron chi connectivity index (χ1n) is 5.79. The number of hydrogen-bond acceptors (Lipinski definition) is 2. The Labute approximate surface area is 101 Å². The third-order valence-corrected chi connectivity index (χ3v) is 2.87. The predicted molar refractivity (Wildman–Crippen MR) is 67.3 cm³/mol. The Bertz CT molecular complexity index is 512. The molecule has 0 aliphatic rings. The Kier molecular flexibility index (Phi) is 3.38. The topological polar surface area (TPSA) is 34.9 Å². The lowest BCUT2D eigenvalue weighted by molar-refractivity contribution is 0.111. The van der Waals surface area contributed by atoms with E-state index in [1.807, 2.05) is 11.5 Å². The third kappa shape index (κ3) is 2.44. The van der Waals surface area contributed by atoms with E-state index in [2.05, 4.69) is 36.2 Å². The van der Waals surface area contributed by atoms with Crippen molar-refractivity contribution in [2.75, 3.05) is 0 Å². The van der Waals surface area contributed by atoms with Crippen molar-refractivity contribution >= 4 is 6.29 Å². The summed E-state index contributed by atoms with van der Waals surface area (Å²) in [6, 6.07) is 8.34. The minimum Gasteiger partial charge on any atom is -0.321 e. The van der Waals surface area contributed by atoms with Crippen molar-refractivity contribution < 1.29 is 4.79 Å². The zero-order valence-electron chi connectivity index (χ0n) is 10.2. The summed E-state index contributed by atoms with van der Waals surface area (Å²) < 4.78 is 1.97. The van der Waals surface area contributed by atoms with Crippen molar-refractivity contribution in [1.82, 2.24) is 9.55 Å². The van der Waals surface area contributed by atoms with Gasteiger partial charge in [-0.3, -0.25) is 4.79 Å². The summed E-state index contributed by atoms with van der Waals surface area (Å²) in [5.74, 6) is 0.952. The quantitative estimate of drug-likeness (QED) is 0.754. The van der Waals surface area contributed by atoms with Gasteiger partial charge in [-0.05, 0) is 12.5 Å². The van der Waals surface area contributed by atoms with E-state index in [0.29, 0.717) is 12.2 Å². The summed E-state index contributed by atoms with van der Waals surface area (Å²) in [6.45, 7) is 4.81.